The summed E-state index contributed by atoms with van der Waals surface area (Å²) in [6.07, 6.45) is 2.39. The molecule has 186 valence electrons. The number of piperidine rings is 1. The Morgan fingerprint density at radius 1 is 1.26 bits per heavy atom. The lowest BCUT2D eigenvalue weighted by molar-refractivity contribution is -0.143. The predicted molar refractivity (Wildman–Crippen MR) is 129 cm³/mol. The number of likely N-dealkylation sites (tertiary alicyclic amines) is 1. The number of carbonyl (C=O) groups is 1. The third-order valence-corrected chi connectivity index (χ3v) is 5.84. The third-order valence-electron chi connectivity index (χ3n) is 5.84. The molecule has 34 heavy (non-hydrogen) atoms. The van der Waals surface area contributed by atoms with Crippen molar-refractivity contribution in [2.24, 2.45) is 5.73 Å². The molecule has 0 saturated carbocycles. The van der Waals surface area contributed by atoms with E-state index in [1.165, 1.54) is 6.07 Å². The van der Waals surface area contributed by atoms with Crippen molar-refractivity contribution in [1.29, 1.82) is 0 Å². The maximum atomic E-state index is 11.7. The van der Waals surface area contributed by atoms with E-state index in [-0.39, 0.29) is 30.9 Å². The molecule has 10 nitrogen and oxygen atoms in total. The first-order valence-corrected chi connectivity index (χ1v) is 11.6. The van der Waals surface area contributed by atoms with Crippen LogP contribution in [0.2, 0.25) is 0 Å². The highest BCUT2D eigenvalue weighted by atomic mass is 16.5. The van der Waals surface area contributed by atoms with Crippen molar-refractivity contribution in [3.05, 3.63) is 29.3 Å². The van der Waals surface area contributed by atoms with Crippen LogP contribution in [-0.2, 0) is 27.4 Å². The number of nitrogens with one attached hydrogen (secondary N) is 1. The van der Waals surface area contributed by atoms with E-state index in [0.29, 0.717) is 42.4 Å². The van der Waals surface area contributed by atoms with Gasteiger partial charge in [0.15, 0.2) is 5.82 Å². The van der Waals surface area contributed by atoms with Gasteiger partial charge in [-0.25, -0.2) is 0 Å². The minimum Gasteiger partial charge on any atom is -0.507 e. The van der Waals surface area contributed by atoms with E-state index in [1.807, 2.05) is 13.0 Å². The molecule has 1 saturated heterocycles. The zero-order chi connectivity index (χ0) is 24.5. The smallest absolute Gasteiger partial charge is 0.307 e. The molecule has 10 heteroatoms. The van der Waals surface area contributed by atoms with Gasteiger partial charge in [-0.15, -0.1) is 10.2 Å². The van der Waals surface area contributed by atoms with Gasteiger partial charge < -0.3 is 35.3 Å². The number of anilines is 1. The van der Waals surface area contributed by atoms with Gasteiger partial charge in [0.05, 0.1) is 32.4 Å². The number of hydrogen-bond donors (Lipinski definition) is 3. The number of phenolic OH excluding ortho intramolecular Hbond substituents is 1. The lowest BCUT2D eigenvalue weighted by Gasteiger charge is -2.33. The fourth-order valence-corrected chi connectivity index (χ4v) is 4.22. The number of carbonyl (C=O) groups excluding carboxylic acids is 1. The average Bonchev–Trinajstić information content (AvgIpc) is 2.83. The Morgan fingerprint density at radius 3 is 2.79 bits per heavy atom. The molecule has 0 unspecified atom stereocenters. The molecule has 1 atom stereocenters. The molecule has 0 bridgehead atoms. The van der Waals surface area contributed by atoms with Crippen LogP contribution < -0.4 is 15.8 Å². The fourth-order valence-electron chi connectivity index (χ4n) is 4.22. The van der Waals surface area contributed by atoms with Crippen molar-refractivity contribution < 1.29 is 24.1 Å². The molecular formula is C24H35N5O5. The lowest BCUT2D eigenvalue weighted by atomic mass is 10.0. The highest BCUT2D eigenvalue weighted by Gasteiger charge is 2.23. The van der Waals surface area contributed by atoms with Crippen LogP contribution in [0.5, 0.6) is 11.5 Å². The number of phenols is 1. The van der Waals surface area contributed by atoms with E-state index in [1.54, 1.807) is 20.3 Å². The molecule has 2 aromatic rings. The number of benzene rings is 1. The van der Waals surface area contributed by atoms with Crippen molar-refractivity contribution in [1.82, 2.24) is 15.1 Å². The molecule has 1 aliphatic heterocycles. The Kier molecular flexibility index (Phi) is 9.43. The number of methoxy groups -OCH3 is 2. The maximum absolute atomic E-state index is 11.7. The summed E-state index contributed by atoms with van der Waals surface area (Å²) in [5.74, 6) is 1.03. The van der Waals surface area contributed by atoms with Crippen LogP contribution >= 0.6 is 0 Å². The summed E-state index contributed by atoms with van der Waals surface area (Å²) in [6, 6.07) is 5.36. The zero-order valence-corrected chi connectivity index (χ0v) is 20.2. The van der Waals surface area contributed by atoms with Gasteiger partial charge in [-0.3, -0.25) is 4.79 Å². The van der Waals surface area contributed by atoms with E-state index in [2.05, 4.69) is 20.4 Å². The molecule has 1 aromatic heterocycles. The van der Waals surface area contributed by atoms with Gasteiger partial charge in [0.1, 0.15) is 11.5 Å². The number of esters is 1. The van der Waals surface area contributed by atoms with Gasteiger partial charge in [-0.1, -0.05) is 0 Å². The minimum absolute atomic E-state index is 0.0360. The van der Waals surface area contributed by atoms with Crippen molar-refractivity contribution in [3.63, 3.8) is 0 Å². The number of nitrogens with two attached hydrogens (primary N) is 1. The lowest BCUT2D eigenvalue weighted by Crippen LogP contribution is -2.43. The first-order valence-electron chi connectivity index (χ1n) is 11.6. The standard InChI is InChI=1S/C24H35N5O5/c1-4-34-22(31)7-9-29-8-5-6-18(14-29)26-24-16(13-25)11-20(27-28-24)23-17(15-32-2)10-19(33-3)12-21(23)30/h10-12,18,30H,4-9,13-15,25H2,1-3H3,(H,26,28)/t18-/m1/s1. The monoisotopic (exact) mass is 473 g/mol. The van der Waals surface area contributed by atoms with Crippen LogP contribution in [0.4, 0.5) is 5.82 Å². The van der Waals surface area contributed by atoms with Gasteiger partial charge in [-0.05, 0) is 44.0 Å². The Morgan fingerprint density at radius 2 is 2.09 bits per heavy atom. The molecule has 1 fully saturated rings. The molecule has 0 radical (unpaired) electrons. The average molecular weight is 474 g/mol. The Labute approximate surface area is 200 Å². The fraction of sp³-hybridized carbons (Fsp3) is 0.542. The van der Waals surface area contributed by atoms with E-state index in [4.69, 9.17) is 19.9 Å². The van der Waals surface area contributed by atoms with E-state index in [0.717, 1.165) is 37.1 Å². The number of rotatable bonds is 11. The summed E-state index contributed by atoms with van der Waals surface area (Å²) in [7, 11) is 3.13. The molecule has 3 rings (SSSR count). The van der Waals surface area contributed by atoms with Crippen LogP contribution in [0.1, 0.15) is 37.3 Å². The first-order chi connectivity index (χ1) is 16.5. The second kappa shape index (κ2) is 12.5. The van der Waals surface area contributed by atoms with Crippen molar-refractivity contribution in [3.8, 4) is 22.8 Å². The number of nitrogens with zero attached hydrogens (tertiary/aromatic N) is 3. The van der Waals surface area contributed by atoms with Crippen LogP contribution in [0.15, 0.2) is 18.2 Å². The molecule has 1 aliphatic rings. The van der Waals surface area contributed by atoms with Gasteiger partial charge in [-0.2, -0.15) is 0 Å². The molecule has 0 spiro atoms. The summed E-state index contributed by atoms with van der Waals surface area (Å²) in [4.78, 5) is 13.9. The third kappa shape index (κ3) is 6.55. The van der Waals surface area contributed by atoms with Gasteiger partial charge in [0, 0.05) is 50.0 Å². The Hall–Kier alpha value is -2.95. The number of aromatic nitrogens is 2. The Balaban J connectivity index is 1.75. The summed E-state index contributed by atoms with van der Waals surface area (Å²) in [6.45, 7) is 5.18. The largest absolute Gasteiger partial charge is 0.507 e. The second-order valence-electron chi connectivity index (χ2n) is 8.26. The van der Waals surface area contributed by atoms with Gasteiger partial charge in [0.25, 0.3) is 0 Å². The summed E-state index contributed by atoms with van der Waals surface area (Å²) in [5.41, 5.74) is 8.63. The SMILES string of the molecule is CCOC(=O)CCN1CCC[C@@H](Nc2nnc(-c3c(O)cc(OC)cc3COC)cc2CN)C1. The van der Waals surface area contributed by atoms with Gasteiger partial charge in [0.2, 0.25) is 0 Å². The maximum Gasteiger partial charge on any atom is 0.307 e. The van der Waals surface area contributed by atoms with Crippen molar-refractivity contribution in [2.75, 3.05) is 45.8 Å². The van der Waals surface area contributed by atoms with Gasteiger partial charge >= 0.3 is 5.97 Å². The normalized spacial score (nSPS) is 16.3. The van der Waals surface area contributed by atoms with Crippen LogP contribution in [0.25, 0.3) is 11.3 Å². The quantitative estimate of drug-likeness (QED) is 0.418. The van der Waals surface area contributed by atoms with E-state index in [9.17, 15) is 9.90 Å². The molecule has 4 N–H and O–H groups in total. The molecular weight excluding hydrogens is 438 g/mol. The number of hydrogen-bond acceptors (Lipinski definition) is 10. The van der Waals surface area contributed by atoms with Crippen LogP contribution in [0.3, 0.4) is 0 Å². The van der Waals surface area contributed by atoms with Crippen molar-refractivity contribution in [2.45, 2.75) is 45.4 Å². The highest BCUT2D eigenvalue weighted by molar-refractivity contribution is 5.73. The summed E-state index contributed by atoms with van der Waals surface area (Å²) >= 11 is 0. The zero-order valence-electron chi connectivity index (χ0n) is 20.2. The second-order valence-corrected chi connectivity index (χ2v) is 8.26. The number of aromatic hydroxyl groups is 1. The molecule has 1 aromatic carbocycles. The highest BCUT2D eigenvalue weighted by Crippen LogP contribution is 2.36. The summed E-state index contributed by atoms with van der Waals surface area (Å²) in [5, 5.41) is 22.9. The van der Waals surface area contributed by atoms with E-state index >= 15 is 0 Å². The van der Waals surface area contributed by atoms with Crippen molar-refractivity contribution >= 4 is 11.8 Å². The molecule has 2 heterocycles. The van der Waals surface area contributed by atoms with E-state index < -0.39 is 0 Å². The predicted octanol–water partition coefficient (Wildman–Crippen LogP) is 2.29. The minimum atomic E-state index is -0.168. The number of ether oxygens (including phenoxy) is 3. The topological polar surface area (TPSA) is 132 Å². The Bertz CT molecular complexity index is 971. The molecule has 0 amide bonds. The van der Waals surface area contributed by atoms with Crippen LogP contribution in [-0.4, -0.2) is 72.7 Å². The first kappa shape index (κ1) is 25.7. The van der Waals surface area contributed by atoms with Crippen LogP contribution in [0, 0.1) is 0 Å². The molecule has 0 aliphatic carbocycles. The summed E-state index contributed by atoms with van der Waals surface area (Å²) < 4.78 is 15.6.